The fourth-order valence-electron chi connectivity index (χ4n) is 1.74. The van der Waals surface area contributed by atoms with E-state index in [1.165, 1.54) is 10.5 Å². The Morgan fingerprint density at radius 2 is 1.79 bits per heavy atom. The summed E-state index contributed by atoms with van der Waals surface area (Å²) in [6.45, 7) is 0. The molecule has 1 atom stereocenters. The van der Waals surface area contributed by atoms with E-state index in [1.54, 1.807) is 11.8 Å². The monoisotopic (exact) mass is 355 g/mol. The number of thioether (sulfide) groups is 1. The second kappa shape index (κ2) is 7.34. The maximum Gasteiger partial charge on any atom is 0.0406 e. The molecule has 0 aliphatic rings. The summed E-state index contributed by atoms with van der Waals surface area (Å²) in [5, 5.41) is 0.766. The van der Waals surface area contributed by atoms with Gasteiger partial charge >= 0.3 is 0 Å². The van der Waals surface area contributed by atoms with Crippen LogP contribution in [0.5, 0.6) is 0 Å². The molecule has 0 saturated heterocycles. The van der Waals surface area contributed by atoms with E-state index in [1.807, 2.05) is 42.5 Å². The second-order valence-corrected chi connectivity index (χ2v) is 6.70. The summed E-state index contributed by atoms with van der Waals surface area (Å²) in [6, 6.07) is 16.2. The lowest BCUT2D eigenvalue weighted by Gasteiger charge is -2.12. The largest absolute Gasteiger partial charge is 0.327 e. The molecule has 0 aliphatic heterocycles. The lowest BCUT2D eigenvalue weighted by atomic mass is 10.1. The third kappa shape index (κ3) is 4.84. The van der Waals surface area contributed by atoms with Crippen LogP contribution in [0.2, 0.25) is 5.02 Å². The maximum absolute atomic E-state index is 6.18. The summed E-state index contributed by atoms with van der Waals surface area (Å²) in [5.74, 6) is 0.892. The quantitative estimate of drug-likeness (QED) is 0.781. The highest BCUT2D eigenvalue weighted by Gasteiger charge is 2.07. The molecule has 1 nitrogen and oxygen atoms in total. The van der Waals surface area contributed by atoms with Gasteiger partial charge in [-0.15, -0.1) is 11.8 Å². The molecular weight excluding hydrogens is 342 g/mol. The first-order chi connectivity index (χ1) is 9.15. The van der Waals surface area contributed by atoms with Gasteiger partial charge < -0.3 is 5.73 Å². The van der Waals surface area contributed by atoms with Crippen LogP contribution in [-0.4, -0.2) is 11.8 Å². The zero-order chi connectivity index (χ0) is 13.7. The van der Waals surface area contributed by atoms with Gasteiger partial charge in [-0.1, -0.05) is 45.7 Å². The molecular formula is C15H15BrClNS. The van der Waals surface area contributed by atoms with Crippen LogP contribution in [0.3, 0.4) is 0 Å². The van der Waals surface area contributed by atoms with Crippen LogP contribution < -0.4 is 5.73 Å². The van der Waals surface area contributed by atoms with Crippen molar-refractivity contribution >= 4 is 39.3 Å². The highest BCUT2D eigenvalue weighted by Crippen LogP contribution is 2.23. The molecule has 2 rings (SSSR count). The van der Waals surface area contributed by atoms with Gasteiger partial charge in [0.1, 0.15) is 0 Å². The Hall–Kier alpha value is -0.480. The average molecular weight is 357 g/mol. The van der Waals surface area contributed by atoms with Gasteiger partial charge in [-0.3, -0.25) is 0 Å². The smallest absolute Gasteiger partial charge is 0.0406 e. The number of nitrogens with two attached hydrogens (primary N) is 1. The van der Waals surface area contributed by atoms with Crippen molar-refractivity contribution < 1.29 is 0 Å². The Morgan fingerprint density at radius 1 is 1.11 bits per heavy atom. The molecule has 0 aromatic heterocycles. The van der Waals surface area contributed by atoms with Crippen molar-refractivity contribution in [1.29, 1.82) is 0 Å². The van der Waals surface area contributed by atoms with Crippen molar-refractivity contribution in [1.82, 2.24) is 0 Å². The molecule has 0 aliphatic carbocycles. The number of rotatable bonds is 5. The number of hydrogen-bond acceptors (Lipinski definition) is 2. The Bertz CT molecular complexity index is 530. The number of halogens is 2. The Kier molecular flexibility index (Phi) is 5.76. The molecule has 0 heterocycles. The minimum Gasteiger partial charge on any atom is -0.327 e. The molecule has 0 bridgehead atoms. The predicted octanol–water partition coefficient (Wildman–Crippen LogP) is 4.76. The van der Waals surface area contributed by atoms with Crippen LogP contribution >= 0.6 is 39.3 Å². The summed E-state index contributed by atoms with van der Waals surface area (Å²) in [6.07, 6.45) is 0.877. The molecule has 4 heteroatoms. The van der Waals surface area contributed by atoms with Crippen LogP contribution in [-0.2, 0) is 6.42 Å². The topological polar surface area (TPSA) is 26.0 Å². The Labute approximate surface area is 131 Å². The highest BCUT2D eigenvalue weighted by atomic mass is 79.9. The van der Waals surface area contributed by atoms with E-state index in [-0.39, 0.29) is 6.04 Å². The van der Waals surface area contributed by atoms with Crippen molar-refractivity contribution in [3.63, 3.8) is 0 Å². The Balaban J connectivity index is 1.86. The maximum atomic E-state index is 6.18. The molecule has 100 valence electrons. The zero-order valence-electron chi connectivity index (χ0n) is 10.4. The molecule has 0 fully saturated rings. The summed E-state index contributed by atoms with van der Waals surface area (Å²) in [4.78, 5) is 1.20. The number of hydrogen-bond donors (Lipinski definition) is 1. The van der Waals surface area contributed by atoms with Crippen LogP contribution in [0.15, 0.2) is 57.9 Å². The van der Waals surface area contributed by atoms with Crippen molar-refractivity contribution in [3.05, 3.63) is 63.6 Å². The molecule has 2 aromatic rings. The van der Waals surface area contributed by atoms with Gasteiger partial charge in [-0.2, -0.15) is 0 Å². The first-order valence-electron chi connectivity index (χ1n) is 6.02. The van der Waals surface area contributed by atoms with E-state index in [0.717, 1.165) is 21.7 Å². The average Bonchev–Trinajstić information content (AvgIpc) is 2.41. The van der Waals surface area contributed by atoms with Crippen molar-refractivity contribution in [2.24, 2.45) is 5.73 Å². The van der Waals surface area contributed by atoms with E-state index >= 15 is 0 Å². The van der Waals surface area contributed by atoms with E-state index in [2.05, 4.69) is 22.0 Å². The van der Waals surface area contributed by atoms with Gasteiger partial charge in [0.05, 0.1) is 0 Å². The van der Waals surface area contributed by atoms with Crippen molar-refractivity contribution in [2.75, 3.05) is 5.75 Å². The van der Waals surface area contributed by atoms with Crippen LogP contribution in [0.25, 0.3) is 0 Å². The predicted molar refractivity (Wildman–Crippen MR) is 88.0 cm³/mol. The van der Waals surface area contributed by atoms with Crippen molar-refractivity contribution in [3.8, 4) is 0 Å². The zero-order valence-corrected chi connectivity index (χ0v) is 13.5. The first kappa shape index (κ1) is 14.9. The van der Waals surface area contributed by atoms with E-state index in [4.69, 9.17) is 17.3 Å². The summed E-state index contributed by atoms with van der Waals surface area (Å²) < 4.78 is 1.13. The van der Waals surface area contributed by atoms with E-state index < -0.39 is 0 Å². The summed E-state index contributed by atoms with van der Waals surface area (Å²) >= 11 is 11.2. The molecule has 1 unspecified atom stereocenters. The third-order valence-electron chi connectivity index (χ3n) is 2.72. The molecule has 0 spiro atoms. The van der Waals surface area contributed by atoms with Crippen LogP contribution in [0, 0.1) is 0 Å². The van der Waals surface area contributed by atoms with Gasteiger partial charge in [-0.25, -0.2) is 0 Å². The van der Waals surface area contributed by atoms with Crippen LogP contribution in [0.4, 0.5) is 0 Å². The minimum atomic E-state index is 0.138. The fraction of sp³-hybridized carbons (Fsp3) is 0.200. The van der Waals surface area contributed by atoms with E-state index in [9.17, 15) is 0 Å². The SMILES string of the molecule is NC(CSc1ccc(Cl)cc1)Cc1ccccc1Br. The lowest BCUT2D eigenvalue weighted by molar-refractivity contribution is 0.746. The molecule has 0 saturated carbocycles. The summed E-state index contributed by atoms with van der Waals surface area (Å²) in [5.41, 5.74) is 7.44. The highest BCUT2D eigenvalue weighted by molar-refractivity contribution is 9.10. The minimum absolute atomic E-state index is 0.138. The fourth-order valence-corrected chi connectivity index (χ4v) is 3.16. The van der Waals surface area contributed by atoms with Gasteiger partial charge in [0.15, 0.2) is 0 Å². The standard InChI is InChI=1S/C15H15BrClNS/c16-15-4-2-1-3-11(15)9-13(18)10-19-14-7-5-12(17)6-8-14/h1-8,13H,9-10,18H2. The van der Waals surface area contributed by atoms with Crippen LogP contribution in [0.1, 0.15) is 5.56 Å². The van der Waals surface area contributed by atoms with Gasteiger partial charge in [0.2, 0.25) is 0 Å². The first-order valence-corrected chi connectivity index (χ1v) is 8.18. The lowest BCUT2D eigenvalue weighted by Crippen LogP contribution is -2.25. The molecule has 0 amide bonds. The second-order valence-electron chi connectivity index (χ2n) is 4.32. The van der Waals surface area contributed by atoms with Crippen molar-refractivity contribution in [2.45, 2.75) is 17.4 Å². The Morgan fingerprint density at radius 3 is 2.47 bits per heavy atom. The van der Waals surface area contributed by atoms with E-state index in [0.29, 0.717) is 0 Å². The summed E-state index contributed by atoms with van der Waals surface area (Å²) in [7, 11) is 0. The third-order valence-corrected chi connectivity index (χ3v) is 4.94. The van der Waals surface area contributed by atoms with Gasteiger partial charge in [-0.05, 0) is 42.3 Å². The molecule has 0 radical (unpaired) electrons. The molecule has 2 aromatic carbocycles. The van der Waals surface area contributed by atoms with Gasteiger partial charge in [0.25, 0.3) is 0 Å². The van der Waals surface area contributed by atoms with Gasteiger partial charge in [0, 0.05) is 26.2 Å². The normalized spacial score (nSPS) is 12.4. The molecule has 19 heavy (non-hydrogen) atoms. The molecule has 2 N–H and O–H groups in total. The number of benzene rings is 2.